The molecule has 2 aromatic heterocycles. The normalized spacial score (nSPS) is 10.6. The largest absolute Gasteiger partial charge is 0.370 e. The average molecular weight is 217 g/mol. The molecule has 0 bridgehead atoms. The molecule has 0 unspecified atom stereocenters. The lowest BCUT2D eigenvalue weighted by Crippen LogP contribution is -2.23. The van der Waals surface area contributed by atoms with E-state index in [-0.39, 0.29) is 5.96 Å². The highest BCUT2D eigenvalue weighted by Crippen LogP contribution is 2.10. The summed E-state index contributed by atoms with van der Waals surface area (Å²) in [5.41, 5.74) is 13.7. The molecule has 0 saturated heterocycles. The van der Waals surface area contributed by atoms with Gasteiger partial charge < -0.3 is 15.9 Å². The predicted octanol–water partition coefficient (Wildman–Crippen LogP) is 0.459. The average Bonchev–Trinajstić information content (AvgIpc) is 2.61. The van der Waals surface area contributed by atoms with Crippen LogP contribution >= 0.6 is 0 Å². The summed E-state index contributed by atoms with van der Waals surface area (Å²) >= 11 is 0. The van der Waals surface area contributed by atoms with Gasteiger partial charge in [-0.1, -0.05) is 6.07 Å². The van der Waals surface area contributed by atoms with E-state index < -0.39 is 0 Å². The highest BCUT2D eigenvalue weighted by atomic mass is 15.0. The smallest absolute Gasteiger partial charge is 0.185 e. The first kappa shape index (κ1) is 10.5. The SMILES string of the molecule is Cc1cccn2cc(CCN=C(N)N)nc12. The fourth-order valence-corrected chi connectivity index (χ4v) is 1.62. The van der Waals surface area contributed by atoms with Gasteiger partial charge in [0, 0.05) is 25.4 Å². The number of rotatable bonds is 3. The van der Waals surface area contributed by atoms with Crippen LogP contribution in [0.25, 0.3) is 5.65 Å². The van der Waals surface area contributed by atoms with Crippen molar-refractivity contribution in [3.05, 3.63) is 35.8 Å². The third-order valence-electron chi connectivity index (χ3n) is 2.39. The van der Waals surface area contributed by atoms with Gasteiger partial charge in [-0.05, 0) is 18.6 Å². The Balaban J connectivity index is 2.20. The van der Waals surface area contributed by atoms with Crippen LogP contribution in [0.2, 0.25) is 0 Å². The second kappa shape index (κ2) is 4.22. The van der Waals surface area contributed by atoms with Gasteiger partial charge in [0.2, 0.25) is 0 Å². The van der Waals surface area contributed by atoms with Crippen LogP contribution in [0, 0.1) is 6.92 Å². The van der Waals surface area contributed by atoms with Crippen LogP contribution in [0.3, 0.4) is 0 Å². The van der Waals surface area contributed by atoms with E-state index >= 15 is 0 Å². The van der Waals surface area contributed by atoms with E-state index in [2.05, 4.69) is 9.98 Å². The van der Waals surface area contributed by atoms with Gasteiger partial charge in [-0.2, -0.15) is 0 Å². The number of imidazole rings is 1. The molecule has 2 aromatic rings. The zero-order valence-electron chi connectivity index (χ0n) is 9.22. The van der Waals surface area contributed by atoms with Crippen molar-refractivity contribution >= 4 is 11.6 Å². The van der Waals surface area contributed by atoms with Gasteiger partial charge in [-0.25, -0.2) is 4.98 Å². The molecule has 0 spiro atoms. The van der Waals surface area contributed by atoms with Crippen LogP contribution in [-0.2, 0) is 6.42 Å². The number of fused-ring (bicyclic) bond motifs is 1. The van der Waals surface area contributed by atoms with E-state index in [1.54, 1.807) is 0 Å². The highest BCUT2D eigenvalue weighted by Gasteiger charge is 2.02. The van der Waals surface area contributed by atoms with E-state index in [4.69, 9.17) is 11.5 Å². The van der Waals surface area contributed by atoms with Crippen LogP contribution in [0.5, 0.6) is 0 Å². The lowest BCUT2D eigenvalue weighted by molar-refractivity contribution is 0.932. The maximum atomic E-state index is 5.26. The molecule has 0 amide bonds. The van der Waals surface area contributed by atoms with Crippen molar-refractivity contribution in [1.29, 1.82) is 0 Å². The summed E-state index contributed by atoms with van der Waals surface area (Å²) in [6.45, 7) is 2.62. The summed E-state index contributed by atoms with van der Waals surface area (Å²) in [4.78, 5) is 8.46. The molecule has 84 valence electrons. The molecule has 0 radical (unpaired) electrons. The van der Waals surface area contributed by atoms with Gasteiger partial charge in [0.1, 0.15) is 5.65 Å². The van der Waals surface area contributed by atoms with Gasteiger partial charge in [-0.15, -0.1) is 0 Å². The molecule has 4 N–H and O–H groups in total. The number of aryl methyl sites for hydroxylation is 1. The summed E-state index contributed by atoms with van der Waals surface area (Å²) in [6.07, 6.45) is 4.74. The molecule has 0 aliphatic carbocycles. The Morgan fingerprint density at radius 1 is 1.50 bits per heavy atom. The molecule has 0 fully saturated rings. The molecular formula is C11H15N5. The summed E-state index contributed by atoms with van der Waals surface area (Å²) in [5, 5.41) is 0. The quantitative estimate of drug-likeness (QED) is 0.578. The Hall–Kier alpha value is -2.04. The Morgan fingerprint density at radius 3 is 3.00 bits per heavy atom. The van der Waals surface area contributed by atoms with Gasteiger partial charge >= 0.3 is 0 Å². The van der Waals surface area contributed by atoms with Gasteiger partial charge in [0.15, 0.2) is 5.96 Å². The minimum atomic E-state index is 0.125. The second-order valence-corrected chi connectivity index (χ2v) is 3.71. The molecular weight excluding hydrogens is 202 g/mol. The molecule has 0 aliphatic rings. The van der Waals surface area contributed by atoms with Crippen molar-refractivity contribution in [3.8, 4) is 0 Å². The van der Waals surface area contributed by atoms with E-state index in [0.29, 0.717) is 6.54 Å². The van der Waals surface area contributed by atoms with Crippen LogP contribution < -0.4 is 11.5 Å². The number of guanidine groups is 1. The fourth-order valence-electron chi connectivity index (χ4n) is 1.62. The number of nitrogens with two attached hydrogens (primary N) is 2. The third-order valence-corrected chi connectivity index (χ3v) is 2.39. The number of pyridine rings is 1. The van der Waals surface area contributed by atoms with E-state index in [0.717, 1.165) is 23.3 Å². The van der Waals surface area contributed by atoms with E-state index in [1.807, 2.05) is 35.9 Å². The Kier molecular flexibility index (Phi) is 2.76. The molecule has 0 atom stereocenters. The van der Waals surface area contributed by atoms with Crippen molar-refractivity contribution < 1.29 is 0 Å². The van der Waals surface area contributed by atoms with Crippen LogP contribution in [0.4, 0.5) is 0 Å². The summed E-state index contributed by atoms with van der Waals surface area (Å²) in [6, 6.07) is 4.05. The maximum Gasteiger partial charge on any atom is 0.185 e. The molecule has 16 heavy (non-hydrogen) atoms. The lowest BCUT2D eigenvalue weighted by atomic mass is 10.3. The van der Waals surface area contributed by atoms with Gasteiger partial charge in [-0.3, -0.25) is 4.99 Å². The van der Waals surface area contributed by atoms with Crippen LogP contribution in [0.15, 0.2) is 29.5 Å². The topological polar surface area (TPSA) is 81.7 Å². The first-order valence-electron chi connectivity index (χ1n) is 5.15. The summed E-state index contributed by atoms with van der Waals surface area (Å²) in [5.74, 6) is 0.125. The van der Waals surface area contributed by atoms with Gasteiger partial charge in [0.25, 0.3) is 0 Å². The lowest BCUT2D eigenvalue weighted by Gasteiger charge is -1.94. The standard InChI is InChI=1S/C11H15N5/c1-8-3-2-6-16-7-9(15-10(8)16)4-5-14-11(12)13/h2-3,6-7H,4-5H2,1H3,(H4,12,13,14). The minimum Gasteiger partial charge on any atom is -0.370 e. The first-order valence-corrected chi connectivity index (χ1v) is 5.15. The van der Waals surface area contributed by atoms with Crippen molar-refractivity contribution in [2.75, 3.05) is 6.54 Å². The number of aromatic nitrogens is 2. The third kappa shape index (κ3) is 2.13. The predicted molar refractivity (Wildman–Crippen MR) is 64.3 cm³/mol. The zero-order chi connectivity index (χ0) is 11.5. The monoisotopic (exact) mass is 217 g/mol. The fraction of sp³-hybridized carbons (Fsp3) is 0.273. The summed E-state index contributed by atoms with van der Waals surface area (Å²) < 4.78 is 2.01. The van der Waals surface area contributed by atoms with Crippen molar-refractivity contribution in [2.45, 2.75) is 13.3 Å². The van der Waals surface area contributed by atoms with Gasteiger partial charge in [0.05, 0.1) is 5.69 Å². The summed E-state index contributed by atoms with van der Waals surface area (Å²) in [7, 11) is 0. The number of aliphatic imine (C=N–C) groups is 1. The molecule has 0 aromatic carbocycles. The van der Waals surface area contributed by atoms with E-state index in [9.17, 15) is 0 Å². The highest BCUT2D eigenvalue weighted by molar-refractivity contribution is 5.75. The molecule has 0 aliphatic heterocycles. The molecule has 2 rings (SSSR count). The molecule has 2 heterocycles. The molecule has 0 saturated carbocycles. The van der Waals surface area contributed by atoms with Crippen LogP contribution in [-0.4, -0.2) is 21.9 Å². The Labute approximate surface area is 93.8 Å². The number of hydrogen-bond acceptors (Lipinski definition) is 2. The van der Waals surface area contributed by atoms with Crippen LogP contribution in [0.1, 0.15) is 11.3 Å². The van der Waals surface area contributed by atoms with Crippen molar-refractivity contribution in [1.82, 2.24) is 9.38 Å². The molecule has 5 nitrogen and oxygen atoms in total. The van der Waals surface area contributed by atoms with Crippen molar-refractivity contribution in [2.24, 2.45) is 16.5 Å². The maximum absolute atomic E-state index is 5.26. The Morgan fingerprint density at radius 2 is 2.31 bits per heavy atom. The number of nitrogens with zero attached hydrogens (tertiary/aromatic N) is 3. The van der Waals surface area contributed by atoms with E-state index in [1.165, 1.54) is 0 Å². The minimum absolute atomic E-state index is 0.125. The second-order valence-electron chi connectivity index (χ2n) is 3.71. The number of hydrogen-bond donors (Lipinski definition) is 2. The zero-order valence-corrected chi connectivity index (χ0v) is 9.22. The van der Waals surface area contributed by atoms with Crippen molar-refractivity contribution in [3.63, 3.8) is 0 Å². The molecule has 5 heteroatoms. The Bertz CT molecular complexity index is 522. The first-order chi connectivity index (χ1) is 7.66.